The molecule has 1 aliphatic rings. The molecule has 2 aromatic rings. The zero-order valence-electron chi connectivity index (χ0n) is 14.3. The molecule has 5 nitrogen and oxygen atoms in total. The fourth-order valence-electron chi connectivity index (χ4n) is 3.01. The van der Waals surface area contributed by atoms with Crippen molar-refractivity contribution in [1.29, 1.82) is 0 Å². The minimum atomic E-state index is -0.193. The number of nitrogens with zero attached hydrogens (tertiary/aromatic N) is 2. The van der Waals surface area contributed by atoms with Gasteiger partial charge in [0.05, 0.1) is 12.3 Å². The van der Waals surface area contributed by atoms with Gasteiger partial charge < -0.3 is 9.64 Å². The highest BCUT2D eigenvalue weighted by atomic mass is 35.5. The van der Waals surface area contributed by atoms with Crippen LogP contribution in [0.2, 0.25) is 0 Å². The monoisotopic (exact) mass is 385 g/mol. The Morgan fingerprint density at radius 2 is 1.96 bits per heavy atom. The summed E-state index contributed by atoms with van der Waals surface area (Å²) in [6, 6.07) is 11.7. The van der Waals surface area contributed by atoms with Gasteiger partial charge in [0.15, 0.2) is 0 Å². The van der Waals surface area contributed by atoms with Gasteiger partial charge in [0, 0.05) is 24.2 Å². The first-order valence-corrected chi connectivity index (χ1v) is 8.25. The number of benzene rings is 1. The second-order valence-electron chi connectivity index (χ2n) is 6.06. The van der Waals surface area contributed by atoms with Gasteiger partial charge in [-0.1, -0.05) is 0 Å². The van der Waals surface area contributed by atoms with Crippen molar-refractivity contribution >= 4 is 24.8 Å². The Hall–Kier alpha value is -1.56. The second-order valence-corrected chi connectivity index (χ2v) is 6.06. The van der Waals surface area contributed by atoms with Gasteiger partial charge in [0.2, 0.25) is 0 Å². The summed E-state index contributed by atoms with van der Waals surface area (Å²) >= 11 is 0. The van der Waals surface area contributed by atoms with Crippen molar-refractivity contribution in [1.82, 2.24) is 15.1 Å². The molecule has 1 aromatic carbocycles. The topological polar surface area (TPSA) is 58.2 Å². The number of rotatable bonds is 6. The molecule has 0 amide bonds. The number of H-pyrrole nitrogens is 1. The predicted molar refractivity (Wildman–Crippen MR) is 105 cm³/mol. The Bertz CT molecular complexity index is 671. The molecule has 1 aromatic heterocycles. The minimum absolute atomic E-state index is 0. The molecule has 1 saturated heterocycles. The van der Waals surface area contributed by atoms with Crippen LogP contribution in [0, 0.1) is 0 Å². The molecule has 1 fully saturated rings. The first-order valence-electron chi connectivity index (χ1n) is 8.25. The molecule has 0 unspecified atom stereocenters. The van der Waals surface area contributed by atoms with E-state index in [-0.39, 0.29) is 30.4 Å². The molecular weight excluding hydrogens is 361 g/mol. The molecule has 0 saturated carbocycles. The van der Waals surface area contributed by atoms with Crippen LogP contribution >= 0.6 is 24.8 Å². The van der Waals surface area contributed by atoms with E-state index in [1.54, 1.807) is 6.07 Å². The van der Waals surface area contributed by atoms with Crippen molar-refractivity contribution in [3.8, 4) is 17.0 Å². The zero-order chi connectivity index (χ0) is 16.1. The number of ether oxygens (including phenoxy) is 1. The third kappa shape index (κ3) is 6.03. The zero-order valence-corrected chi connectivity index (χ0v) is 15.9. The number of aromatic amines is 1. The molecule has 1 atom stereocenters. The molecule has 7 heteroatoms. The van der Waals surface area contributed by atoms with Crippen LogP contribution in [-0.2, 0) is 0 Å². The summed E-state index contributed by atoms with van der Waals surface area (Å²) in [5.74, 6) is 0.868. The summed E-state index contributed by atoms with van der Waals surface area (Å²) in [5.41, 5.74) is 1.51. The summed E-state index contributed by atoms with van der Waals surface area (Å²) in [4.78, 5) is 13.6. The highest BCUT2D eigenvalue weighted by Crippen LogP contribution is 2.20. The third-order valence-corrected chi connectivity index (χ3v) is 4.38. The number of hydrogen-bond donors (Lipinski definition) is 1. The number of halogens is 2. The van der Waals surface area contributed by atoms with E-state index < -0.39 is 0 Å². The maximum absolute atomic E-state index is 11.0. The molecule has 0 radical (unpaired) electrons. The van der Waals surface area contributed by atoms with Gasteiger partial charge in [-0.15, -0.1) is 24.8 Å². The smallest absolute Gasteiger partial charge is 0.264 e. The van der Waals surface area contributed by atoms with Gasteiger partial charge in [-0.3, -0.25) is 4.79 Å². The van der Waals surface area contributed by atoms with Crippen LogP contribution in [0.15, 0.2) is 41.2 Å². The van der Waals surface area contributed by atoms with Crippen molar-refractivity contribution in [3.05, 3.63) is 46.8 Å². The lowest BCUT2D eigenvalue weighted by atomic mass is 10.1. The average Bonchev–Trinajstić information content (AvgIpc) is 2.98. The van der Waals surface area contributed by atoms with Crippen LogP contribution in [0.4, 0.5) is 0 Å². The molecule has 1 N–H and O–H groups in total. The second kappa shape index (κ2) is 10.4. The average molecular weight is 386 g/mol. The van der Waals surface area contributed by atoms with E-state index in [4.69, 9.17) is 4.74 Å². The maximum atomic E-state index is 11.0. The van der Waals surface area contributed by atoms with E-state index in [1.807, 2.05) is 24.3 Å². The van der Waals surface area contributed by atoms with E-state index in [2.05, 4.69) is 22.0 Å². The molecule has 0 aliphatic carbocycles. The molecule has 3 rings (SSSR count). The maximum Gasteiger partial charge on any atom is 0.264 e. The van der Waals surface area contributed by atoms with E-state index in [0.717, 1.165) is 42.6 Å². The third-order valence-electron chi connectivity index (χ3n) is 4.38. The molecule has 0 spiro atoms. The SMILES string of the molecule is C[C@@H]1CCCN1CCCOc1ccc(-c2ccc(=O)[nH]n2)cc1.Cl.Cl. The van der Waals surface area contributed by atoms with Gasteiger partial charge in [-0.2, -0.15) is 5.10 Å². The van der Waals surface area contributed by atoms with Gasteiger partial charge in [-0.05, 0) is 63.1 Å². The van der Waals surface area contributed by atoms with Crippen molar-refractivity contribution < 1.29 is 4.74 Å². The van der Waals surface area contributed by atoms with Crippen molar-refractivity contribution in [2.45, 2.75) is 32.2 Å². The Kier molecular flexibility index (Phi) is 8.97. The molecule has 2 heterocycles. The lowest BCUT2D eigenvalue weighted by Gasteiger charge is -2.20. The largest absolute Gasteiger partial charge is 0.494 e. The van der Waals surface area contributed by atoms with Crippen molar-refractivity contribution in [2.24, 2.45) is 0 Å². The lowest BCUT2D eigenvalue weighted by Crippen LogP contribution is -2.28. The fraction of sp³-hybridized carbons (Fsp3) is 0.444. The first kappa shape index (κ1) is 21.5. The Morgan fingerprint density at radius 3 is 2.56 bits per heavy atom. The van der Waals surface area contributed by atoms with Crippen molar-refractivity contribution in [3.63, 3.8) is 0 Å². The van der Waals surface area contributed by atoms with Gasteiger partial charge in [0.1, 0.15) is 5.75 Å². The van der Waals surface area contributed by atoms with Crippen LogP contribution < -0.4 is 10.3 Å². The summed E-state index contributed by atoms with van der Waals surface area (Å²) < 4.78 is 5.81. The highest BCUT2D eigenvalue weighted by Gasteiger charge is 2.18. The van der Waals surface area contributed by atoms with Crippen LogP contribution in [-0.4, -0.2) is 40.8 Å². The standard InChI is InChI=1S/C18H23N3O2.2ClH/c1-14-4-2-11-21(14)12-3-13-23-16-7-5-15(6-8-16)17-9-10-18(22)20-19-17;;/h5-10,14H,2-4,11-13H2,1H3,(H,20,22);2*1H/t14-;;/m1../s1. The molecule has 138 valence electrons. The Balaban J connectivity index is 0.00000156. The van der Waals surface area contributed by atoms with E-state index in [1.165, 1.54) is 25.5 Å². The first-order chi connectivity index (χ1) is 11.2. The number of aromatic nitrogens is 2. The summed E-state index contributed by atoms with van der Waals surface area (Å²) in [7, 11) is 0. The molecule has 25 heavy (non-hydrogen) atoms. The van der Waals surface area contributed by atoms with E-state index in [0.29, 0.717) is 0 Å². The molecular formula is C18H25Cl2N3O2. The lowest BCUT2D eigenvalue weighted by molar-refractivity contribution is 0.230. The van der Waals surface area contributed by atoms with E-state index in [9.17, 15) is 4.79 Å². The van der Waals surface area contributed by atoms with Gasteiger partial charge in [-0.25, -0.2) is 5.10 Å². The van der Waals surface area contributed by atoms with Crippen LogP contribution in [0.3, 0.4) is 0 Å². The normalized spacial score (nSPS) is 16.8. The molecule has 1 aliphatic heterocycles. The highest BCUT2D eigenvalue weighted by molar-refractivity contribution is 5.85. The van der Waals surface area contributed by atoms with Gasteiger partial charge in [0.25, 0.3) is 5.56 Å². The quantitative estimate of drug-likeness (QED) is 0.772. The Labute approximate surface area is 160 Å². The predicted octanol–water partition coefficient (Wildman–Crippen LogP) is 3.53. The summed E-state index contributed by atoms with van der Waals surface area (Å²) in [6.07, 6.45) is 3.69. The van der Waals surface area contributed by atoms with Crippen LogP contribution in [0.1, 0.15) is 26.2 Å². The van der Waals surface area contributed by atoms with Gasteiger partial charge >= 0.3 is 0 Å². The fourth-order valence-corrected chi connectivity index (χ4v) is 3.01. The number of likely N-dealkylation sites (tertiary alicyclic amines) is 1. The van der Waals surface area contributed by atoms with E-state index >= 15 is 0 Å². The summed E-state index contributed by atoms with van der Waals surface area (Å²) in [5, 5.41) is 6.46. The molecule has 0 bridgehead atoms. The summed E-state index contributed by atoms with van der Waals surface area (Å²) in [6.45, 7) is 5.37. The van der Waals surface area contributed by atoms with Crippen LogP contribution in [0.5, 0.6) is 5.75 Å². The number of hydrogen-bond acceptors (Lipinski definition) is 4. The Morgan fingerprint density at radius 1 is 1.20 bits per heavy atom. The van der Waals surface area contributed by atoms with Crippen molar-refractivity contribution in [2.75, 3.05) is 19.7 Å². The number of nitrogens with one attached hydrogen (secondary N) is 1. The minimum Gasteiger partial charge on any atom is -0.494 e. The van der Waals surface area contributed by atoms with Crippen LogP contribution in [0.25, 0.3) is 11.3 Å².